The van der Waals surface area contributed by atoms with Crippen molar-refractivity contribution < 1.29 is 19.5 Å². The van der Waals surface area contributed by atoms with Crippen molar-refractivity contribution in [2.45, 2.75) is 12.5 Å². The van der Waals surface area contributed by atoms with Crippen LogP contribution in [-0.4, -0.2) is 28.8 Å². The van der Waals surface area contributed by atoms with Gasteiger partial charge in [0.2, 0.25) is 6.10 Å². The van der Waals surface area contributed by atoms with Crippen LogP contribution in [0.2, 0.25) is 5.02 Å². The summed E-state index contributed by atoms with van der Waals surface area (Å²) in [4.78, 5) is 27.0. The third kappa shape index (κ3) is 2.78. The highest BCUT2D eigenvalue weighted by Gasteiger charge is 2.31. The van der Waals surface area contributed by atoms with Crippen LogP contribution in [0.3, 0.4) is 0 Å². The summed E-state index contributed by atoms with van der Waals surface area (Å²) in [7, 11) is 0. The van der Waals surface area contributed by atoms with Crippen molar-refractivity contribution in [2.75, 3.05) is 5.32 Å². The van der Waals surface area contributed by atoms with Gasteiger partial charge < -0.3 is 15.3 Å². The molecule has 0 saturated carbocycles. The van der Waals surface area contributed by atoms with Crippen LogP contribution >= 0.6 is 11.6 Å². The van der Waals surface area contributed by atoms with E-state index in [0.717, 1.165) is 0 Å². The molecule has 18 heavy (non-hydrogen) atoms. The molecule has 2 rings (SSSR count). The van der Waals surface area contributed by atoms with Crippen molar-refractivity contribution in [3.63, 3.8) is 0 Å². The Morgan fingerprint density at radius 1 is 1.50 bits per heavy atom. The highest BCUT2D eigenvalue weighted by Crippen LogP contribution is 2.16. The second kappa shape index (κ2) is 5.05. The fourth-order valence-electron chi connectivity index (χ4n) is 1.41. The average molecular weight is 269 g/mol. The van der Waals surface area contributed by atoms with Crippen LogP contribution in [-0.2, 0) is 14.4 Å². The van der Waals surface area contributed by atoms with Gasteiger partial charge in [-0.15, -0.1) is 0 Å². The first kappa shape index (κ1) is 12.4. The van der Waals surface area contributed by atoms with Gasteiger partial charge in [0.25, 0.3) is 5.91 Å². The quantitative estimate of drug-likeness (QED) is 0.870. The molecule has 0 bridgehead atoms. The topological polar surface area (TPSA) is 88.0 Å². The molecule has 1 aliphatic rings. The predicted molar refractivity (Wildman–Crippen MR) is 64.6 cm³/mol. The predicted octanol–water partition coefficient (Wildman–Crippen LogP) is 1.51. The lowest BCUT2D eigenvalue weighted by Crippen LogP contribution is -2.26. The molecule has 0 spiro atoms. The van der Waals surface area contributed by atoms with Gasteiger partial charge >= 0.3 is 5.97 Å². The highest BCUT2D eigenvalue weighted by molar-refractivity contribution is 6.43. The largest absolute Gasteiger partial charge is 0.478 e. The number of nitrogens with one attached hydrogen (secondary N) is 1. The number of rotatable bonds is 3. The van der Waals surface area contributed by atoms with E-state index in [-0.39, 0.29) is 12.1 Å². The zero-order chi connectivity index (χ0) is 13.1. The third-order valence-corrected chi connectivity index (χ3v) is 2.52. The molecule has 94 valence electrons. The molecule has 0 aliphatic carbocycles. The lowest BCUT2D eigenvalue weighted by molar-refractivity contribution is -0.148. The van der Waals surface area contributed by atoms with Crippen molar-refractivity contribution in [2.24, 2.45) is 5.16 Å². The van der Waals surface area contributed by atoms with Crippen LogP contribution in [0.1, 0.15) is 6.42 Å². The number of hydrogen-bond acceptors (Lipinski definition) is 4. The van der Waals surface area contributed by atoms with Gasteiger partial charge in [-0.3, -0.25) is 4.79 Å². The Morgan fingerprint density at radius 3 is 2.89 bits per heavy atom. The fourth-order valence-corrected chi connectivity index (χ4v) is 1.60. The molecule has 7 heteroatoms. The third-order valence-electron chi connectivity index (χ3n) is 2.29. The Hall–Kier alpha value is -2.08. The molecule has 1 aromatic rings. The summed E-state index contributed by atoms with van der Waals surface area (Å²) in [6, 6.07) is 6.60. The van der Waals surface area contributed by atoms with Crippen LogP contribution in [0.15, 0.2) is 29.4 Å². The number of carbonyl (C=O) groups excluding carboxylic acids is 1. The summed E-state index contributed by atoms with van der Waals surface area (Å²) in [6.45, 7) is 0. The Morgan fingerprint density at radius 2 is 2.28 bits per heavy atom. The fraction of sp³-hybridized carbons (Fsp3) is 0.182. The standard InChI is InChI=1S/C11H9ClN2O4/c12-6-2-1-3-7(4-6)13-10(15)8-5-9(11(16)17)18-14-8/h1-4,9H,5H2,(H,13,15)(H,16,17). The average Bonchev–Trinajstić information content (AvgIpc) is 2.78. The number of amides is 1. The Bertz CT molecular complexity index is 530. The van der Waals surface area contributed by atoms with Crippen molar-refractivity contribution in [3.05, 3.63) is 29.3 Å². The summed E-state index contributed by atoms with van der Waals surface area (Å²) in [6.07, 6.45) is -1.15. The Labute approximate surface area is 107 Å². The van der Waals surface area contributed by atoms with E-state index in [2.05, 4.69) is 15.3 Å². The van der Waals surface area contributed by atoms with Crippen molar-refractivity contribution in [1.82, 2.24) is 0 Å². The van der Waals surface area contributed by atoms with Crippen molar-refractivity contribution >= 4 is 34.9 Å². The molecule has 0 fully saturated rings. The molecule has 1 unspecified atom stereocenters. The van der Waals surface area contributed by atoms with E-state index in [1.807, 2.05) is 0 Å². The van der Waals surface area contributed by atoms with E-state index in [4.69, 9.17) is 16.7 Å². The maximum atomic E-state index is 11.7. The second-order valence-corrected chi connectivity index (χ2v) is 4.08. The molecule has 1 amide bonds. The second-order valence-electron chi connectivity index (χ2n) is 3.64. The van der Waals surface area contributed by atoms with Crippen LogP contribution in [0.4, 0.5) is 5.69 Å². The van der Waals surface area contributed by atoms with Gasteiger partial charge in [0.1, 0.15) is 5.71 Å². The summed E-state index contributed by atoms with van der Waals surface area (Å²) in [5.74, 6) is -1.65. The number of aliphatic carboxylic acids is 1. The summed E-state index contributed by atoms with van der Waals surface area (Å²) >= 11 is 5.77. The van der Waals surface area contributed by atoms with Crippen molar-refractivity contribution in [3.8, 4) is 0 Å². The molecule has 0 radical (unpaired) electrons. The highest BCUT2D eigenvalue weighted by atomic mass is 35.5. The van der Waals surface area contributed by atoms with Crippen LogP contribution < -0.4 is 5.32 Å². The van der Waals surface area contributed by atoms with Gasteiger partial charge in [-0.2, -0.15) is 0 Å². The minimum absolute atomic E-state index is 0.0439. The number of hydrogen-bond donors (Lipinski definition) is 2. The van der Waals surface area contributed by atoms with E-state index < -0.39 is 18.0 Å². The minimum atomic E-state index is -1.15. The number of nitrogens with zero attached hydrogens (tertiary/aromatic N) is 1. The monoisotopic (exact) mass is 268 g/mol. The summed E-state index contributed by atoms with van der Waals surface area (Å²) in [5, 5.41) is 15.2. The zero-order valence-electron chi connectivity index (χ0n) is 9.09. The lowest BCUT2D eigenvalue weighted by Gasteiger charge is -2.04. The number of anilines is 1. The SMILES string of the molecule is O=C(Nc1cccc(Cl)c1)C1=NOC(C(=O)O)C1. The van der Waals surface area contributed by atoms with E-state index in [0.29, 0.717) is 10.7 Å². The molecule has 2 N–H and O–H groups in total. The maximum absolute atomic E-state index is 11.7. The zero-order valence-corrected chi connectivity index (χ0v) is 9.85. The summed E-state index contributed by atoms with van der Waals surface area (Å²) in [5.41, 5.74) is 0.552. The van der Waals surface area contributed by atoms with Crippen LogP contribution in [0.25, 0.3) is 0 Å². The van der Waals surface area contributed by atoms with Gasteiger partial charge in [0.15, 0.2) is 0 Å². The molecule has 1 heterocycles. The van der Waals surface area contributed by atoms with Crippen LogP contribution in [0.5, 0.6) is 0 Å². The van der Waals surface area contributed by atoms with Crippen molar-refractivity contribution in [1.29, 1.82) is 0 Å². The van der Waals surface area contributed by atoms with Gasteiger partial charge in [0.05, 0.1) is 0 Å². The number of carboxylic acids is 1. The molecular weight excluding hydrogens is 260 g/mol. The number of oxime groups is 1. The molecule has 0 saturated heterocycles. The van der Waals surface area contributed by atoms with E-state index in [1.54, 1.807) is 24.3 Å². The molecule has 0 aromatic heterocycles. The lowest BCUT2D eigenvalue weighted by atomic mass is 10.1. The van der Waals surface area contributed by atoms with Gasteiger partial charge in [-0.05, 0) is 18.2 Å². The number of carboxylic acid groups (broad SMARTS) is 1. The number of carbonyl (C=O) groups is 2. The molecular formula is C11H9ClN2O4. The number of benzene rings is 1. The van der Waals surface area contributed by atoms with E-state index >= 15 is 0 Å². The van der Waals surface area contributed by atoms with Gasteiger partial charge in [0, 0.05) is 17.1 Å². The molecule has 1 atom stereocenters. The molecule has 6 nitrogen and oxygen atoms in total. The van der Waals surface area contributed by atoms with E-state index in [1.165, 1.54) is 0 Å². The van der Waals surface area contributed by atoms with Gasteiger partial charge in [-0.25, -0.2) is 4.79 Å². The first-order chi connectivity index (χ1) is 8.56. The first-order valence-corrected chi connectivity index (χ1v) is 5.46. The smallest absolute Gasteiger partial charge is 0.348 e. The normalized spacial score (nSPS) is 17.8. The Balaban J connectivity index is 2.00. The summed E-state index contributed by atoms with van der Waals surface area (Å²) < 4.78 is 0. The molecule has 1 aromatic carbocycles. The number of halogens is 1. The minimum Gasteiger partial charge on any atom is -0.478 e. The first-order valence-electron chi connectivity index (χ1n) is 5.08. The molecule has 1 aliphatic heterocycles. The maximum Gasteiger partial charge on any atom is 0.348 e. The Kier molecular flexibility index (Phi) is 3.47. The van der Waals surface area contributed by atoms with Gasteiger partial charge in [-0.1, -0.05) is 22.8 Å². The van der Waals surface area contributed by atoms with Crippen LogP contribution in [0, 0.1) is 0 Å². The van der Waals surface area contributed by atoms with E-state index in [9.17, 15) is 9.59 Å².